The average Bonchev–Trinajstić information content (AvgIpc) is 2.92. The van der Waals surface area contributed by atoms with Crippen molar-refractivity contribution in [2.24, 2.45) is 0 Å². The normalized spacial score (nSPS) is 15.1. The Morgan fingerprint density at radius 3 is 2.53 bits per heavy atom. The number of benzene rings is 3. The van der Waals surface area contributed by atoms with Crippen LogP contribution in [0.25, 0.3) is 10.9 Å². The minimum atomic E-state index is 0.358. The quantitative estimate of drug-likeness (QED) is 0.275. The van der Waals surface area contributed by atoms with Gasteiger partial charge in [0.15, 0.2) is 0 Å². The molecule has 1 fully saturated rings. The molecule has 1 aromatic heterocycles. The molecule has 0 radical (unpaired) electrons. The number of hydrogen-bond donors (Lipinski definition) is 1. The Morgan fingerprint density at radius 2 is 1.75 bits per heavy atom. The van der Waals surface area contributed by atoms with Crippen LogP contribution in [-0.4, -0.2) is 42.7 Å². The third-order valence-corrected chi connectivity index (χ3v) is 7.14. The maximum Gasteiger partial charge on any atom is 0.142 e. The molecule has 1 aliphatic heterocycles. The molecule has 5 nitrogen and oxygen atoms in total. The molecule has 0 aliphatic carbocycles. The molecule has 6 heteroatoms. The first-order valence-electron chi connectivity index (χ1n) is 12.7. The van der Waals surface area contributed by atoms with Gasteiger partial charge >= 0.3 is 0 Å². The fraction of sp³-hybridized carbons (Fsp3) is 0.300. The van der Waals surface area contributed by atoms with Gasteiger partial charge in [0.25, 0.3) is 0 Å². The van der Waals surface area contributed by atoms with Gasteiger partial charge in [-0.25, -0.2) is 0 Å². The summed E-state index contributed by atoms with van der Waals surface area (Å²) in [6.45, 7) is 9.24. The molecule has 1 saturated heterocycles. The zero-order valence-corrected chi connectivity index (χ0v) is 21.7. The maximum atomic E-state index is 6.13. The highest BCUT2D eigenvalue weighted by molar-refractivity contribution is 6.31. The van der Waals surface area contributed by atoms with Crippen LogP contribution in [0, 0.1) is 0 Å². The lowest BCUT2D eigenvalue weighted by molar-refractivity contribution is 0.198. The summed E-state index contributed by atoms with van der Waals surface area (Å²) >= 11 is 6.13. The fourth-order valence-electron chi connectivity index (χ4n) is 4.84. The number of piperazine rings is 1. The monoisotopic (exact) mass is 500 g/mol. The van der Waals surface area contributed by atoms with Gasteiger partial charge in [-0.2, -0.15) is 0 Å². The van der Waals surface area contributed by atoms with E-state index < -0.39 is 0 Å². The van der Waals surface area contributed by atoms with Crippen LogP contribution in [0.3, 0.4) is 0 Å². The Balaban J connectivity index is 1.22. The van der Waals surface area contributed by atoms with Crippen molar-refractivity contribution >= 4 is 39.6 Å². The number of fused-ring (bicyclic) bond motifs is 1. The molecule has 1 atom stereocenters. The number of nitrogens with zero attached hydrogens (tertiary/aromatic N) is 3. The van der Waals surface area contributed by atoms with Crippen LogP contribution in [0.4, 0.5) is 17.1 Å². The van der Waals surface area contributed by atoms with E-state index in [1.54, 1.807) is 0 Å². The third-order valence-electron chi connectivity index (χ3n) is 6.91. The average molecular weight is 501 g/mol. The number of pyridine rings is 1. The van der Waals surface area contributed by atoms with Gasteiger partial charge < -0.3 is 15.0 Å². The van der Waals surface area contributed by atoms with Crippen molar-refractivity contribution in [3.05, 3.63) is 89.6 Å². The van der Waals surface area contributed by atoms with Crippen molar-refractivity contribution in [1.82, 2.24) is 9.88 Å². The van der Waals surface area contributed by atoms with E-state index in [0.29, 0.717) is 11.1 Å². The molecule has 2 heterocycles. The van der Waals surface area contributed by atoms with Crippen molar-refractivity contribution in [1.29, 1.82) is 0 Å². The summed E-state index contributed by atoms with van der Waals surface area (Å²) in [4.78, 5) is 9.45. The first-order valence-corrected chi connectivity index (χ1v) is 13.1. The molecule has 3 aromatic carbocycles. The van der Waals surface area contributed by atoms with Crippen molar-refractivity contribution in [2.75, 3.05) is 43.0 Å². The van der Waals surface area contributed by atoms with Crippen LogP contribution < -0.4 is 15.0 Å². The van der Waals surface area contributed by atoms with Crippen LogP contribution in [-0.2, 0) is 0 Å². The highest BCUT2D eigenvalue weighted by Crippen LogP contribution is 2.32. The Hall–Kier alpha value is -3.28. The number of nitrogens with one attached hydrogen (secondary N) is 1. The lowest BCUT2D eigenvalue weighted by atomic mass is 10.0. The van der Waals surface area contributed by atoms with Gasteiger partial charge in [-0.05, 0) is 67.4 Å². The number of hydrogen-bond acceptors (Lipinski definition) is 5. The Morgan fingerprint density at radius 1 is 0.972 bits per heavy atom. The van der Waals surface area contributed by atoms with Crippen molar-refractivity contribution < 1.29 is 4.74 Å². The van der Waals surface area contributed by atoms with Crippen LogP contribution in [0.5, 0.6) is 5.75 Å². The van der Waals surface area contributed by atoms with Crippen molar-refractivity contribution in [3.63, 3.8) is 0 Å². The lowest BCUT2D eigenvalue weighted by Gasteiger charge is -2.39. The van der Waals surface area contributed by atoms with Crippen molar-refractivity contribution in [2.45, 2.75) is 26.3 Å². The Labute approximate surface area is 218 Å². The van der Waals surface area contributed by atoms with Gasteiger partial charge in [0.05, 0.1) is 17.8 Å². The zero-order valence-electron chi connectivity index (χ0n) is 21.0. The predicted molar refractivity (Wildman–Crippen MR) is 151 cm³/mol. The molecular weight excluding hydrogens is 468 g/mol. The second-order valence-corrected chi connectivity index (χ2v) is 9.72. The SMILES string of the molecule is CCCOc1ccccc1N1CCN(C(C)c2ccc(Nc3ccnc4cc(Cl)ccc34)cc2)CC1. The lowest BCUT2D eigenvalue weighted by Crippen LogP contribution is -2.47. The number of ether oxygens (including phenoxy) is 1. The molecule has 0 spiro atoms. The highest BCUT2D eigenvalue weighted by atomic mass is 35.5. The topological polar surface area (TPSA) is 40.6 Å². The largest absolute Gasteiger partial charge is 0.491 e. The summed E-state index contributed by atoms with van der Waals surface area (Å²) in [7, 11) is 0. The first-order chi connectivity index (χ1) is 17.6. The number of aromatic nitrogens is 1. The van der Waals surface area contributed by atoms with Gasteiger partial charge in [-0.1, -0.05) is 42.8 Å². The Bertz CT molecular complexity index is 1300. The summed E-state index contributed by atoms with van der Waals surface area (Å²) in [5.74, 6) is 0.994. The molecule has 0 amide bonds. The van der Waals surface area contributed by atoms with Gasteiger partial charge in [-0.15, -0.1) is 0 Å². The molecule has 4 aromatic rings. The maximum absolute atomic E-state index is 6.13. The summed E-state index contributed by atoms with van der Waals surface area (Å²) in [5, 5.41) is 5.29. The van der Waals surface area contributed by atoms with E-state index in [0.717, 1.165) is 67.2 Å². The summed E-state index contributed by atoms with van der Waals surface area (Å²) in [5.41, 5.74) is 5.50. The van der Waals surface area contributed by atoms with E-state index >= 15 is 0 Å². The molecule has 1 unspecified atom stereocenters. The number of rotatable bonds is 8. The number of halogens is 1. The molecule has 0 bridgehead atoms. The molecule has 1 aliphatic rings. The molecule has 5 rings (SSSR count). The minimum Gasteiger partial charge on any atom is -0.491 e. The van der Waals surface area contributed by atoms with E-state index in [9.17, 15) is 0 Å². The van der Waals surface area contributed by atoms with Crippen LogP contribution >= 0.6 is 11.6 Å². The van der Waals surface area contributed by atoms with E-state index in [1.807, 2.05) is 30.5 Å². The minimum absolute atomic E-state index is 0.358. The third kappa shape index (κ3) is 5.43. The molecule has 186 valence electrons. The Kier molecular flexibility index (Phi) is 7.59. The van der Waals surface area contributed by atoms with E-state index in [4.69, 9.17) is 16.3 Å². The molecule has 1 N–H and O–H groups in total. The molecule has 0 saturated carbocycles. The van der Waals surface area contributed by atoms with E-state index in [-0.39, 0.29) is 0 Å². The molecular formula is C30H33ClN4O. The van der Waals surface area contributed by atoms with Crippen LogP contribution in [0.2, 0.25) is 5.02 Å². The van der Waals surface area contributed by atoms with Gasteiger partial charge in [0.1, 0.15) is 5.75 Å². The van der Waals surface area contributed by atoms with Gasteiger partial charge in [-0.3, -0.25) is 9.88 Å². The second kappa shape index (κ2) is 11.2. The van der Waals surface area contributed by atoms with E-state index in [2.05, 4.69) is 82.5 Å². The van der Waals surface area contributed by atoms with Crippen LogP contribution in [0.15, 0.2) is 79.0 Å². The zero-order chi connectivity index (χ0) is 24.9. The highest BCUT2D eigenvalue weighted by Gasteiger charge is 2.23. The van der Waals surface area contributed by atoms with Crippen LogP contribution in [0.1, 0.15) is 31.9 Å². The summed E-state index contributed by atoms with van der Waals surface area (Å²) in [6.07, 6.45) is 2.83. The predicted octanol–water partition coefficient (Wildman–Crippen LogP) is 7.30. The first kappa shape index (κ1) is 24.4. The summed E-state index contributed by atoms with van der Waals surface area (Å²) in [6, 6.07) is 25.3. The van der Waals surface area contributed by atoms with E-state index in [1.165, 1.54) is 11.3 Å². The second-order valence-electron chi connectivity index (χ2n) is 9.28. The van der Waals surface area contributed by atoms with Crippen molar-refractivity contribution in [3.8, 4) is 5.75 Å². The molecule has 36 heavy (non-hydrogen) atoms. The number of anilines is 3. The number of para-hydroxylation sites is 2. The summed E-state index contributed by atoms with van der Waals surface area (Å²) < 4.78 is 6.00. The van der Waals surface area contributed by atoms with Gasteiger partial charge in [0.2, 0.25) is 0 Å². The standard InChI is InChI=1S/C30H33ClN4O/c1-3-20-36-30-7-5-4-6-29(30)35-18-16-34(17-19-35)22(2)23-8-11-25(12-9-23)33-27-14-15-32-28-21-24(31)10-13-26(27)28/h4-15,21-22H,3,16-20H2,1-2H3,(H,32,33). The fourth-order valence-corrected chi connectivity index (χ4v) is 5.01. The smallest absolute Gasteiger partial charge is 0.142 e. The van der Waals surface area contributed by atoms with Gasteiger partial charge in [0, 0.05) is 60.2 Å².